The van der Waals surface area contributed by atoms with Gasteiger partial charge in [-0.2, -0.15) is 0 Å². The molecule has 6 nitrogen and oxygen atoms in total. The van der Waals surface area contributed by atoms with Gasteiger partial charge in [0, 0.05) is 17.3 Å². The molecule has 0 aliphatic carbocycles. The SMILES string of the molecule is Nc1ccc(C(=O)O)nc1Nc1ccc2ncccc2c1. The maximum Gasteiger partial charge on any atom is 0.354 e. The third kappa shape index (κ3) is 2.59. The van der Waals surface area contributed by atoms with Gasteiger partial charge in [0.25, 0.3) is 0 Å². The number of benzene rings is 1. The Morgan fingerprint density at radius 3 is 2.86 bits per heavy atom. The summed E-state index contributed by atoms with van der Waals surface area (Å²) in [6.45, 7) is 0. The first kappa shape index (κ1) is 12.9. The highest BCUT2D eigenvalue weighted by Gasteiger charge is 2.09. The molecule has 1 aromatic carbocycles. The van der Waals surface area contributed by atoms with E-state index in [1.165, 1.54) is 12.1 Å². The van der Waals surface area contributed by atoms with E-state index in [2.05, 4.69) is 15.3 Å². The van der Waals surface area contributed by atoms with E-state index in [4.69, 9.17) is 10.8 Å². The van der Waals surface area contributed by atoms with Gasteiger partial charge in [0.2, 0.25) is 0 Å². The summed E-state index contributed by atoms with van der Waals surface area (Å²) in [4.78, 5) is 19.2. The van der Waals surface area contributed by atoms with Crippen LogP contribution in [0, 0.1) is 0 Å². The summed E-state index contributed by atoms with van der Waals surface area (Å²) < 4.78 is 0. The summed E-state index contributed by atoms with van der Waals surface area (Å²) in [5.41, 5.74) is 7.78. The highest BCUT2D eigenvalue weighted by Crippen LogP contribution is 2.23. The van der Waals surface area contributed by atoms with Crippen molar-refractivity contribution in [1.29, 1.82) is 0 Å². The summed E-state index contributed by atoms with van der Waals surface area (Å²) in [6.07, 6.45) is 1.73. The van der Waals surface area contributed by atoms with E-state index in [9.17, 15) is 4.79 Å². The maximum absolute atomic E-state index is 11.0. The first-order valence-electron chi connectivity index (χ1n) is 6.25. The Bertz CT molecular complexity index is 833. The molecule has 0 radical (unpaired) electrons. The van der Waals surface area contributed by atoms with E-state index in [0.29, 0.717) is 11.5 Å². The smallest absolute Gasteiger partial charge is 0.354 e. The van der Waals surface area contributed by atoms with Crippen molar-refractivity contribution in [2.24, 2.45) is 0 Å². The normalized spacial score (nSPS) is 10.5. The molecule has 0 aliphatic heterocycles. The molecule has 0 unspecified atom stereocenters. The lowest BCUT2D eigenvalue weighted by atomic mass is 10.2. The van der Waals surface area contributed by atoms with Gasteiger partial charge in [-0.1, -0.05) is 6.07 Å². The number of pyridine rings is 2. The number of nitrogens with one attached hydrogen (secondary N) is 1. The number of nitrogens with zero attached hydrogens (tertiary/aromatic N) is 2. The lowest BCUT2D eigenvalue weighted by Crippen LogP contribution is -2.05. The fourth-order valence-corrected chi connectivity index (χ4v) is 1.98. The predicted octanol–water partition coefficient (Wildman–Crippen LogP) is 2.65. The van der Waals surface area contributed by atoms with Crippen LogP contribution in [-0.2, 0) is 0 Å². The number of aromatic carboxylic acids is 1. The average Bonchev–Trinajstić information content (AvgIpc) is 2.49. The molecule has 0 bridgehead atoms. The van der Waals surface area contributed by atoms with Gasteiger partial charge in [0.05, 0.1) is 11.2 Å². The highest BCUT2D eigenvalue weighted by molar-refractivity contribution is 5.88. The van der Waals surface area contributed by atoms with Crippen LogP contribution >= 0.6 is 0 Å². The Hall–Kier alpha value is -3.15. The van der Waals surface area contributed by atoms with E-state index < -0.39 is 5.97 Å². The topological polar surface area (TPSA) is 101 Å². The van der Waals surface area contributed by atoms with E-state index >= 15 is 0 Å². The van der Waals surface area contributed by atoms with Crippen LogP contribution in [0.4, 0.5) is 17.2 Å². The van der Waals surface area contributed by atoms with Gasteiger partial charge in [-0.3, -0.25) is 4.98 Å². The number of carbonyl (C=O) groups is 1. The van der Waals surface area contributed by atoms with Gasteiger partial charge in [0.15, 0.2) is 11.5 Å². The fourth-order valence-electron chi connectivity index (χ4n) is 1.98. The second kappa shape index (κ2) is 5.09. The largest absolute Gasteiger partial charge is 0.477 e. The highest BCUT2D eigenvalue weighted by atomic mass is 16.4. The van der Waals surface area contributed by atoms with Gasteiger partial charge in [0.1, 0.15) is 0 Å². The monoisotopic (exact) mass is 280 g/mol. The molecule has 0 saturated heterocycles. The van der Waals surface area contributed by atoms with Crippen LogP contribution in [-0.4, -0.2) is 21.0 Å². The Morgan fingerprint density at radius 1 is 1.19 bits per heavy atom. The molecule has 104 valence electrons. The third-order valence-corrected chi connectivity index (χ3v) is 3.01. The minimum Gasteiger partial charge on any atom is -0.477 e. The molecule has 0 saturated carbocycles. The predicted molar refractivity (Wildman–Crippen MR) is 80.6 cm³/mol. The summed E-state index contributed by atoms with van der Waals surface area (Å²) >= 11 is 0. The lowest BCUT2D eigenvalue weighted by molar-refractivity contribution is 0.0690. The molecule has 0 fully saturated rings. The number of rotatable bonds is 3. The number of nitrogens with two attached hydrogens (primary N) is 1. The van der Waals surface area contributed by atoms with Crippen molar-refractivity contribution in [2.45, 2.75) is 0 Å². The van der Waals surface area contributed by atoms with Gasteiger partial charge in [-0.25, -0.2) is 9.78 Å². The van der Waals surface area contributed by atoms with Gasteiger partial charge in [-0.15, -0.1) is 0 Å². The van der Waals surface area contributed by atoms with Crippen molar-refractivity contribution in [2.75, 3.05) is 11.1 Å². The zero-order chi connectivity index (χ0) is 14.8. The van der Waals surface area contributed by atoms with Crippen molar-refractivity contribution in [3.8, 4) is 0 Å². The Morgan fingerprint density at radius 2 is 2.05 bits per heavy atom. The maximum atomic E-state index is 11.0. The first-order chi connectivity index (χ1) is 10.1. The Kier molecular flexibility index (Phi) is 3.12. The summed E-state index contributed by atoms with van der Waals surface area (Å²) in [5, 5.41) is 13.0. The summed E-state index contributed by atoms with van der Waals surface area (Å²) in [7, 11) is 0. The van der Waals surface area contributed by atoms with E-state index in [1.54, 1.807) is 6.20 Å². The molecule has 3 rings (SSSR count). The number of fused-ring (bicyclic) bond motifs is 1. The molecule has 4 N–H and O–H groups in total. The zero-order valence-electron chi connectivity index (χ0n) is 10.9. The number of carboxylic acids is 1. The molecular formula is C15H12N4O2. The summed E-state index contributed by atoms with van der Waals surface area (Å²) in [5.74, 6) is -0.779. The molecule has 0 atom stereocenters. The summed E-state index contributed by atoms with van der Waals surface area (Å²) in [6, 6.07) is 12.3. The van der Waals surface area contributed by atoms with Crippen LogP contribution in [0.15, 0.2) is 48.7 Å². The second-order valence-electron chi connectivity index (χ2n) is 4.48. The van der Waals surface area contributed by atoms with E-state index in [-0.39, 0.29) is 5.69 Å². The van der Waals surface area contributed by atoms with Crippen LogP contribution in [0.3, 0.4) is 0 Å². The molecule has 0 amide bonds. The Labute approximate surface area is 120 Å². The lowest BCUT2D eigenvalue weighted by Gasteiger charge is -2.09. The fraction of sp³-hybridized carbons (Fsp3) is 0. The molecule has 0 spiro atoms. The molecule has 2 aromatic heterocycles. The second-order valence-corrected chi connectivity index (χ2v) is 4.48. The standard InChI is InChI=1S/C15H12N4O2/c16-11-4-6-13(15(20)21)19-14(11)18-10-3-5-12-9(8-10)2-1-7-17-12/h1-8H,16H2,(H,18,19)(H,20,21). The molecule has 21 heavy (non-hydrogen) atoms. The number of aromatic nitrogens is 2. The van der Waals surface area contributed by atoms with E-state index in [0.717, 1.165) is 16.6 Å². The van der Waals surface area contributed by atoms with Crippen molar-refractivity contribution in [3.05, 3.63) is 54.4 Å². The number of carboxylic acid groups (broad SMARTS) is 1. The van der Waals surface area contributed by atoms with E-state index in [1.807, 2.05) is 30.3 Å². The number of hydrogen-bond acceptors (Lipinski definition) is 5. The number of hydrogen-bond donors (Lipinski definition) is 3. The minimum atomic E-state index is -1.10. The van der Waals surface area contributed by atoms with Crippen molar-refractivity contribution >= 4 is 34.1 Å². The molecule has 6 heteroatoms. The molecular weight excluding hydrogens is 268 g/mol. The van der Waals surface area contributed by atoms with Crippen LogP contribution in [0.25, 0.3) is 10.9 Å². The van der Waals surface area contributed by atoms with Crippen molar-refractivity contribution < 1.29 is 9.90 Å². The first-order valence-corrected chi connectivity index (χ1v) is 6.25. The molecule has 2 heterocycles. The van der Waals surface area contributed by atoms with Gasteiger partial charge < -0.3 is 16.2 Å². The van der Waals surface area contributed by atoms with Crippen LogP contribution in [0.5, 0.6) is 0 Å². The molecule has 3 aromatic rings. The van der Waals surface area contributed by atoms with Gasteiger partial charge in [-0.05, 0) is 36.4 Å². The van der Waals surface area contributed by atoms with Crippen LogP contribution in [0.2, 0.25) is 0 Å². The van der Waals surface area contributed by atoms with Crippen LogP contribution < -0.4 is 11.1 Å². The number of nitrogen functional groups attached to an aromatic ring is 1. The zero-order valence-corrected chi connectivity index (χ0v) is 10.9. The quantitative estimate of drug-likeness (QED) is 0.681. The van der Waals surface area contributed by atoms with Crippen LogP contribution in [0.1, 0.15) is 10.5 Å². The number of anilines is 3. The Balaban J connectivity index is 1.98. The van der Waals surface area contributed by atoms with Crippen molar-refractivity contribution in [1.82, 2.24) is 9.97 Å². The minimum absolute atomic E-state index is 0.0610. The van der Waals surface area contributed by atoms with Crippen molar-refractivity contribution in [3.63, 3.8) is 0 Å². The van der Waals surface area contributed by atoms with Gasteiger partial charge >= 0.3 is 5.97 Å². The average molecular weight is 280 g/mol. The third-order valence-electron chi connectivity index (χ3n) is 3.01. The molecule has 0 aliphatic rings.